The molecule has 0 amide bonds. The lowest BCUT2D eigenvalue weighted by atomic mass is 10.0. The molecule has 0 unspecified atom stereocenters. The lowest BCUT2D eigenvalue weighted by Crippen LogP contribution is -2.52. The predicted molar refractivity (Wildman–Crippen MR) is 93.3 cm³/mol. The Kier molecular flexibility index (Phi) is 5.42. The number of carboxylic acid groups (broad SMARTS) is 1. The van der Waals surface area contributed by atoms with Crippen molar-refractivity contribution in [3.8, 4) is 5.75 Å². The summed E-state index contributed by atoms with van der Waals surface area (Å²) in [5.74, 6) is -4.28. The fourth-order valence-electron chi connectivity index (χ4n) is 3.28. The van der Waals surface area contributed by atoms with Crippen LogP contribution in [-0.4, -0.2) is 60.7 Å². The van der Waals surface area contributed by atoms with E-state index in [0.717, 1.165) is 4.31 Å². The summed E-state index contributed by atoms with van der Waals surface area (Å²) in [5, 5.41) is 10.7. The highest BCUT2D eigenvalue weighted by Crippen LogP contribution is 2.40. The number of nitrogens with zero attached hydrogens (tertiary/aromatic N) is 1. The van der Waals surface area contributed by atoms with Gasteiger partial charge in [-0.1, -0.05) is 12.1 Å². The normalized spacial score (nSPS) is 24.9. The molecule has 2 aliphatic rings. The molecule has 1 heterocycles. The minimum atomic E-state index is -3.91. The first kappa shape index (κ1) is 20.0. The number of sulfonamides is 1. The van der Waals surface area contributed by atoms with E-state index in [1.807, 2.05) is 0 Å². The molecule has 1 saturated heterocycles. The smallest absolute Gasteiger partial charge is 0.305 e. The molecule has 2 fully saturated rings. The quantitative estimate of drug-likeness (QED) is 0.681. The molecule has 2 atom stereocenters. The Labute approximate surface area is 156 Å². The molecule has 7 nitrogen and oxygen atoms in total. The monoisotopic (exact) mass is 404 g/mol. The summed E-state index contributed by atoms with van der Waals surface area (Å²) >= 11 is 0. The number of rotatable bonds is 8. The van der Waals surface area contributed by atoms with Gasteiger partial charge in [0, 0.05) is 13.1 Å². The number of carbonyl (C=O) groups is 1. The molecule has 1 saturated carbocycles. The van der Waals surface area contributed by atoms with Gasteiger partial charge in [0.2, 0.25) is 10.0 Å². The summed E-state index contributed by atoms with van der Waals surface area (Å²) in [6.45, 7) is -0.502. The van der Waals surface area contributed by atoms with E-state index in [0.29, 0.717) is 24.2 Å². The van der Waals surface area contributed by atoms with E-state index in [-0.39, 0.29) is 13.1 Å². The maximum atomic E-state index is 14.9. The van der Waals surface area contributed by atoms with Crippen LogP contribution in [-0.2, 0) is 21.4 Å². The van der Waals surface area contributed by atoms with E-state index in [2.05, 4.69) is 5.32 Å². The average Bonchev–Trinajstić information content (AvgIpc) is 3.41. The maximum absolute atomic E-state index is 14.9. The van der Waals surface area contributed by atoms with Gasteiger partial charge < -0.3 is 15.2 Å². The van der Waals surface area contributed by atoms with Gasteiger partial charge in [0.25, 0.3) is 5.92 Å². The minimum Gasteiger partial charge on any atom is -0.497 e. The third kappa shape index (κ3) is 4.07. The van der Waals surface area contributed by atoms with Crippen molar-refractivity contribution in [2.45, 2.75) is 49.1 Å². The van der Waals surface area contributed by atoms with Gasteiger partial charge in [-0.3, -0.25) is 4.79 Å². The highest BCUT2D eigenvalue weighted by molar-refractivity contribution is 7.90. The van der Waals surface area contributed by atoms with E-state index in [1.54, 1.807) is 24.3 Å². The highest BCUT2D eigenvalue weighted by Gasteiger charge is 2.58. The van der Waals surface area contributed by atoms with E-state index >= 15 is 0 Å². The Hall–Kier alpha value is -1.78. The van der Waals surface area contributed by atoms with Crippen LogP contribution in [0.5, 0.6) is 5.75 Å². The number of hydrogen-bond donors (Lipinski definition) is 2. The predicted octanol–water partition coefficient (Wildman–Crippen LogP) is 1.44. The van der Waals surface area contributed by atoms with Crippen molar-refractivity contribution < 1.29 is 31.8 Å². The number of carboxylic acids is 1. The zero-order valence-corrected chi connectivity index (χ0v) is 15.6. The molecule has 1 aromatic rings. The number of aliphatic carboxylic acids is 1. The fraction of sp³-hybridized carbons (Fsp3) is 0.588. The summed E-state index contributed by atoms with van der Waals surface area (Å²) in [6.07, 6.45) is 0.126. The number of ether oxygens (including phenoxy) is 1. The molecule has 150 valence electrons. The summed E-state index contributed by atoms with van der Waals surface area (Å²) in [4.78, 5) is 10.9. The minimum absolute atomic E-state index is 0.204. The van der Waals surface area contributed by atoms with E-state index in [4.69, 9.17) is 9.84 Å². The molecular weight excluding hydrogens is 382 g/mol. The van der Waals surface area contributed by atoms with Gasteiger partial charge in [-0.05, 0) is 30.5 Å². The molecule has 0 radical (unpaired) electrons. The number of alkyl halides is 2. The van der Waals surface area contributed by atoms with Crippen molar-refractivity contribution in [2.24, 2.45) is 0 Å². The molecule has 1 aliphatic heterocycles. The highest BCUT2D eigenvalue weighted by atomic mass is 32.2. The Morgan fingerprint density at radius 2 is 1.96 bits per heavy atom. The first-order valence-corrected chi connectivity index (χ1v) is 10.1. The Morgan fingerprint density at radius 3 is 2.48 bits per heavy atom. The molecule has 27 heavy (non-hydrogen) atoms. The largest absolute Gasteiger partial charge is 0.497 e. The van der Waals surface area contributed by atoms with Crippen LogP contribution >= 0.6 is 0 Å². The lowest BCUT2D eigenvalue weighted by molar-refractivity contribution is -0.140. The standard InChI is InChI=1S/C17H22F2N2O5S/c1-26-12-4-2-11(3-5-12)10-21(27(24,25)13-6-7-13)15-9-20-14(8-16(22)23)17(15,18)19/h2-5,13-15,20H,6-10H2,1H3,(H,22,23)/t14-,15-/m1/s1. The van der Waals surface area contributed by atoms with Crippen LogP contribution < -0.4 is 10.1 Å². The molecule has 3 rings (SSSR count). The lowest BCUT2D eigenvalue weighted by Gasteiger charge is -2.32. The molecular formula is C17H22F2N2O5S. The first-order chi connectivity index (χ1) is 12.7. The van der Waals surface area contributed by atoms with Crippen LogP contribution in [0.4, 0.5) is 8.78 Å². The van der Waals surface area contributed by atoms with Gasteiger partial charge >= 0.3 is 5.97 Å². The van der Waals surface area contributed by atoms with Crippen LogP contribution in [0.2, 0.25) is 0 Å². The van der Waals surface area contributed by atoms with Crippen molar-refractivity contribution in [2.75, 3.05) is 13.7 Å². The number of hydrogen-bond acceptors (Lipinski definition) is 5. The van der Waals surface area contributed by atoms with Crippen molar-refractivity contribution in [1.29, 1.82) is 0 Å². The molecule has 0 spiro atoms. The Balaban J connectivity index is 1.89. The zero-order valence-electron chi connectivity index (χ0n) is 14.8. The van der Waals surface area contributed by atoms with Crippen molar-refractivity contribution in [3.63, 3.8) is 0 Å². The second-order valence-electron chi connectivity index (χ2n) is 6.89. The topological polar surface area (TPSA) is 95.9 Å². The van der Waals surface area contributed by atoms with Gasteiger partial charge in [-0.2, -0.15) is 4.31 Å². The Bertz CT molecular complexity index is 796. The number of halogens is 2. The SMILES string of the molecule is COc1ccc(CN([C@@H]2CN[C@H](CC(=O)O)C2(F)F)S(=O)(=O)C2CC2)cc1. The fourth-order valence-corrected chi connectivity index (χ4v) is 5.29. The number of benzene rings is 1. The zero-order chi connectivity index (χ0) is 19.8. The molecule has 10 heteroatoms. The van der Waals surface area contributed by atoms with Crippen molar-refractivity contribution in [3.05, 3.63) is 29.8 Å². The first-order valence-electron chi connectivity index (χ1n) is 8.63. The average molecular weight is 404 g/mol. The van der Waals surface area contributed by atoms with Gasteiger partial charge in [0.15, 0.2) is 0 Å². The number of nitrogens with one attached hydrogen (secondary N) is 1. The van der Waals surface area contributed by atoms with Crippen LogP contribution in [0, 0.1) is 0 Å². The van der Waals surface area contributed by atoms with E-state index in [1.165, 1.54) is 7.11 Å². The van der Waals surface area contributed by atoms with Gasteiger partial charge in [0.05, 0.1) is 24.8 Å². The van der Waals surface area contributed by atoms with Gasteiger partial charge in [0.1, 0.15) is 11.8 Å². The maximum Gasteiger partial charge on any atom is 0.305 e. The van der Waals surface area contributed by atoms with Gasteiger partial charge in [-0.25, -0.2) is 17.2 Å². The third-order valence-corrected chi connectivity index (χ3v) is 7.31. The van der Waals surface area contributed by atoms with Crippen molar-refractivity contribution >= 4 is 16.0 Å². The summed E-state index contributed by atoms with van der Waals surface area (Å²) < 4.78 is 61.3. The summed E-state index contributed by atoms with van der Waals surface area (Å²) in [5.41, 5.74) is 0.553. The van der Waals surface area contributed by atoms with Crippen LogP contribution in [0.25, 0.3) is 0 Å². The molecule has 0 bridgehead atoms. The Morgan fingerprint density at radius 1 is 1.33 bits per heavy atom. The molecule has 0 aromatic heterocycles. The third-order valence-electron chi connectivity index (χ3n) is 4.96. The van der Waals surface area contributed by atoms with Crippen LogP contribution in [0.3, 0.4) is 0 Å². The van der Waals surface area contributed by atoms with E-state index < -0.39 is 45.7 Å². The van der Waals surface area contributed by atoms with Crippen LogP contribution in [0.1, 0.15) is 24.8 Å². The summed E-state index contributed by atoms with van der Waals surface area (Å²) in [6, 6.07) is 3.29. The second-order valence-corrected chi connectivity index (χ2v) is 9.05. The number of methoxy groups -OCH3 is 1. The molecule has 1 aromatic carbocycles. The summed E-state index contributed by atoms with van der Waals surface area (Å²) in [7, 11) is -2.42. The van der Waals surface area contributed by atoms with Gasteiger partial charge in [-0.15, -0.1) is 0 Å². The molecule has 2 N–H and O–H groups in total. The van der Waals surface area contributed by atoms with Crippen molar-refractivity contribution in [1.82, 2.24) is 9.62 Å². The van der Waals surface area contributed by atoms with E-state index in [9.17, 15) is 22.0 Å². The van der Waals surface area contributed by atoms with Crippen LogP contribution in [0.15, 0.2) is 24.3 Å². The molecule has 1 aliphatic carbocycles. The second kappa shape index (κ2) is 7.33.